The van der Waals surface area contributed by atoms with Gasteiger partial charge in [-0.05, 0) is 31.0 Å². The Morgan fingerprint density at radius 1 is 1.11 bits per heavy atom. The molecule has 0 unspecified atom stereocenters. The van der Waals surface area contributed by atoms with Crippen LogP contribution in [-0.2, 0) is 0 Å². The van der Waals surface area contributed by atoms with Gasteiger partial charge in [0.15, 0.2) is 0 Å². The van der Waals surface area contributed by atoms with Gasteiger partial charge in [-0.2, -0.15) is 0 Å². The first kappa shape index (κ1) is 12.6. The van der Waals surface area contributed by atoms with Crippen molar-refractivity contribution in [3.63, 3.8) is 0 Å². The first-order valence-electron chi connectivity index (χ1n) is 6.37. The molecule has 0 saturated heterocycles. The van der Waals surface area contributed by atoms with Crippen LogP contribution in [-0.4, -0.2) is 17.9 Å². The summed E-state index contributed by atoms with van der Waals surface area (Å²) in [7, 11) is 0. The number of amides is 2. The van der Waals surface area contributed by atoms with E-state index < -0.39 is 5.91 Å². The van der Waals surface area contributed by atoms with E-state index in [0.717, 1.165) is 12.8 Å². The van der Waals surface area contributed by atoms with Crippen molar-refractivity contribution in [3.05, 3.63) is 35.4 Å². The van der Waals surface area contributed by atoms with Gasteiger partial charge in [-0.25, -0.2) is 0 Å². The third-order valence-electron chi connectivity index (χ3n) is 3.35. The highest BCUT2D eigenvalue weighted by atomic mass is 16.2. The average molecular weight is 246 g/mol. The van der Waals surface area contributed by atoms with Gasteiger partial charge in [-0.1, -0.05) is 25.3 Å². The fourth-order valence-corrected chi connectivity index (χ4v) is 2.33. The summed E-state index contributed by atoms with van der Waals surface area (Å²) in [5.74, 6) is -0.632. The van der Waals surface area contributed by atoms with E-state index in [0.29, 0.717) is 11.1 Å². The monoisotopic (exact) mass is 246 g/mol. The van der Waals surface area contributed by atoms with E-state index in [1.807, 2.05) is 0 Å². The van der Waals surface area contributed by atoms with Crippen molar-refractivity contribution in [1.82, 2.24) is 5.32 Å². The molecule has 0 atom stereocenters. The van der Waals surface area contributed by atoms with Crippen LogP contribution in [0.3, 0.4) is 0 Å². The van der Waals surface area contributed by atoms with Crippen molar-refractivity contribution in [1.29, 1.82) is 0 Å². The number of carbonyl (C=O) groups is 2. The first-order valence-corrected chi connectivity index (χ1v) is 6.37. The normalized spacial score (nSPS) is 16.2. The van der Waals surface area contributed by atoms with E-state index in [1.165, 1.54) is 19.3 Å². The molecule has 1 aliphatic rings. The molecule has 0 aromatic heterocycles. The first-order chi connectivity index (χ1) is 8.66. The van der Waals surface area contributed by atoms with Crippen LogP contribution in [0.4, 0.5) is 0 Å². The summed E-state index contributed by atoms with van der Waals surface area (Å²) in [5.41, 5.74) is 6.06. The van der Waals surface area contributed by atoms with Crippen molar-refractivity contribution in [2.45, 2.75) is 38.1 Å². The number of primary amides is 1. The predicted molar refractivity (Wildman–Crippen MR) is 69.3 cm³/mol. The lowest BCUT2D eigenvalue weighted by atomic mass is 9.95. The molecule has 96 valence electrons. The van der Waals surface area contributed by atoms with Gasteiger partial charge in [0.05, 0.1) is 0 Å². The predicted octanol–water partition coefficient (Wildman–Crippen LogP) is 1.85. The van der Waals surface area contributed by atoms with Crippen molar-refractivity contribution in [2.75, 3.05) is 0 Å². The van der Waals surface area contributed by atoms with Gasteiger partial charge in [-0.15, -0.1) is 0 Å². The summed E-state index contributed by atoms with van der Waals surface area (Å²) in [4.78, 5) is 23.1. The van der Waals surface area contributed by atoms with E-state index in [-0.39, 0.29) is 11.9 Å². The molecular weight excluding hydrogens is 228 g/mol. The van der Waals surface area contributed by atoms with Gasteiger partial charge >= 0.3 is 0 Å². The summed E-state index contributed by atoms with van der Waals surface area (Å²) >= 11 is 0. The van der Waals surface area contributed by atoms with Crippen LogP contribution in [0.25, 0.3) is 0 Å². The molecule has 4 nitrogen and oxygen atoms in total. The van der Waals surface area contributed by atoms with E-state index in [1.54, 1.807) is 24.3 Å². The van der Waals surface area contributed by atoms with Gasteiger partial charge in [0, 0.05) is 17.2 Å². The second-order valence-corrected chi connectivity index (χ2v) is 4.75. The summed E-state index contributed by atoms with van der Waals surface area (Å²) in [6, 6.07) is 6.80. The van der Waals surface area contributed by atoms with Gasteiger partial charge in [-0.3, -0.25) is 9.59 Å². The standard InChI is InChI=1S/C14H18N2O2/c15-13(17)10-5-4-6-11(9-10)14(18)16-12-7-2-1-3-8-12/h4-6,9,12H,1-3,7-8H2,(H2,15,17)(H,16,18). The molecule has 1 saturated carbocycles. The SMILES string of the molecule is NC(=O)c1cccc(C(=O)NC2CCCCC2)c1. The minimum atomic E-state index is -0.512. The van der Waals surface area contributed by atoms with Gasteiger partial charge in [0.25, 0.3) is 5.91 Å². The van der Waals surface area contributed by atoms with Crippen LogP contribution in [0.2, 0.25) is 0 Å². The molecule has 18 heavy (non-hydrogen) atoms. The minimum absolute atomic E-state index is 0.120. The number of hydrogen-bond acceptors (Lipinski definition) is 2. The lowest BCUT2D eigenvalue weighted by Gasteiger charge is -2.22. The second kappa shape index (κ2) is 5.67. The molecule has 1 aromatic rings. The molecule has 0 radical (unpaired) electrons. The zero-order valence-electron chi connectivity index (χ0n) is 10.3. The molecule has 0 spiro atoms. The Morgan fingerprint density at radius 3 is 2.44 bits per heavy atom. The van der Waals surface area contributed by atoms with Crippen LogP contribution >= 0.6 is 0 Å². The Morgan fingerprint density at radius 2 is 1.78 bits per heavy atom. The van der Waals surface area contributed by atoms with E-state index in [4.69, 9.17) is 5.73 Å². The number of nitrogens with one attached hydrogen (secondary N) is 1. The van der Waals surface area contributed by atoms with Crippen molar-refractivity contribution in [2.24, 2.45) is 5.73 Å². The van der Waals surface area contributed by atoms with Crippen LogP contribution in [0.15, 0.2) is 24.3 Å². The van der Waals surface area contributed by atoms with Gasteiger partial charge < -0.3 is 11.1 Å². The Bertz CT molecular complexity index is 451. The highest BCUT2D eigenvalue weighted by molar-refractivity contribution is 5.99. The highest BCUT2D eigenvalue weighted by Gasteiger charge is 2.17. The minimum Gasteiger partial charge on any atom is -0.366 e. The molecule has 0 heterocycles. The number of rotatable bonds is 3. The van der Waals surface area contributed by atoms with E-state index in [9.17, 15) is 9.59 Å². The molecule has 0 bridgehead atoms. The Balaban J connectivity index is 2.03. The maximum absolute atomic E-state index is 12.0. The van der Waals surface area contributed by atoms with Crippen LogP contribution in [0.1, 0.15) is 52.8 Å². The van der Waals surface area contributed by atoms with Crippen molar-refractivity contribution in [3.8, 4) is 0 Å². The molecule has 1 fully saturated rings. The van der Waals surface area contributed by atoms with Crippen molar-refractivity contribution < 1.29 is 9.59 Å². The lowest BCUT2D eigenvalue weighted by Crippen LogP contribution is -2.36. The van der Waals surface area contributed by atoms with Gasteiger partial charge in [0.1, 0.15) is 0 Å². The zero-order chi connectivity index (χ0) is 13.0. The number of hydrogen-bond donors (Lipinski definition) is 2. The summed E-state index contributed by atoms with van der Waals surface area (Å²) in [6.07, 6.45) is 5.69. The third-order valence-corrected chi connectivity index (χ3v) is 3.35. The molecule has 1 aromatic carbocycles. The molecule has 0 aliphatic heterocycles. The fourth-order valence-electron chi connectivity index (χ4n) is 2.33. The van der Waals surface area contributed by atoms with E-state index >= 15 is 0 Å². The van der Waals surface area contributed by atoms with Crippen LogP contribution in [0, 0.1) is 0 Å². The largest absolute Gasteiger partial charge is 0.366 e. The fraction of sp³-hybridized carbons (Fsp3) is 0.429. The Hall–Kier alpha value is -1.84. The smallest absolute Gasteiger partial charge is 0.251 e. The molecule has 1 aliphatic carbocycles. The van der Waals surface area contributed by atoms with Crippen molar-refractivity contribution >= 4 is 11.8 Å². The molecular formula is C14H18N2O2. The highest BCUT2D eigenvalue weighted by Crippen LogP contribution is 2.18. The third kappa shape index (κ3) is 3.09. The van der Waals surface area contributed by atoms with Gasteiger partial charge in [0.2, 0.25) is 5.91 Å². The Kier molecular flexibility index (Phi) is 3.97. The summed E-state index contributed by atoms with van der Waals surface area (Å²) < 4.78 is 0. The number of nitrogens with two attached hydrogens (primary N) is 1. The number of carbonyl (C=O) groups excluding carboxylic acids is 2. The summed E-state index contributed by atoms with van der Waals surface area (Å²) in [5, 5.41) is 3.01. The van der Waals surface area contributed by atoms with Crippen LogP contribution < -0.4 is 11.1 Å². The molecule has 4 heteroatoms. The second-order valence-electron chi connectivity index (χ2n) is 4.75. The average Bonchev–Trinajstić information content (AvgIpc) is 2.40. The lowest BCUT2D eigenvalue weighted by molar-refractivity contribution is 0.0927. The molecule has 2 rings (SSSR count). The molecule has 2 amide bonds. The maximum atomic E-state index is 12.0. The number of benzene rings is 1. The topological polar surface area (TPSA) is 72.2 Å². The Labute approximate surface area is 107 Å². The van der Waals surface area contributed by atoms with Crippen LogP contribution in [0.5, 0.6) is 0 Å². The maximum Gasteiger partial charge on any atom is 0.251 e. The quantitative estimate of drug-likeness (QED) is 0.854. The summed E-state index contributed by atoms with van der Waals surface area (Å²) in [6.45, 7) is 0. The molecule has 3 N–H and O–H groups in total. The van der Waals surface area contributed by atoms with E-state index in [2.05, 4.69) is 5.32 Å². The zero-order valence-corrected chi connectivity index (χ0v) is 10.3.